The average Bonchev–Trinajstić information content (AvgIpc) is 2.81. The number of rotatable bonds is 4. The monoisotopic (exact) mass is 206 g/mol. The normalized spacial score (nSPS) is 26.0. The highest BCUT2D eigenvalue weighted by molar-refractivity contribution is 4.95. The van der Waals surface area contributed by atoms with Crippen molar-refractivity contribution in [2.24, 2.45) is 5.92 Å². The fourth-order valence-corrected chi connectivity index (χ4v) is 2.40. The van der Waals surface area contributed by atoms with E-state index in [-0.39, 0.29) is 0 Å². The molecular weight excluding hydrogens is 188 g/mol. The Morgan fingerprint density at radius 1 is 1.40 bits per heavy atom. The van der Waals surface area contributed by atoms with Gasteiger partial charge in [-0.05, 0) is 44.7 Å². The Morgan fingerprint density at radius 2 is 2.33 bits per heavy atom. The molecule has 1 saturated carbocycles. The Balaban J connectivity index is 1.58. The Labute approximate surface area is 90.1 Å². The lowest BCUT2D eigenvalue weighted by Crippen LogP contribution is -2.10. The first-order valence-electron chi connectivity index (χ1n) is 6.02. The number of hydrogen-bond acceptors (Lipinski definition) is 3. The minimum absolute atomic E-state index is 0.719. The van der Waals surface area contributed by atoms with E-state index in [4.69, 9.17) is 0 Å². The molecule has 4 heteroatoms. The lowest BCUT2D eigenvalue weighted by molar-refractivity contribution is 0.513. The van der Waals surface area contributed by atoms with Crippen LogP contribution >= 0.6 is 0 Å². The summed E-state index contributed by atoms with van der Waals surface area (Å²) in [4.78, 5) is 0. The van der Waals surface area contributed by atoms with Crippen molar-refractivity contribution in [2.75, 3.05) is 13.1 Å². The Morgan fingerprint density at radius 3 is 3.07 bits per heavy atom. The molecule has 0 amide bonds. The summed E-state index contributed by atoms with van der Waals surface area (Å²) in [5.41, 5.74) is 0. The molecule has 0 bridgehead atoms. The maximum absolute atomic E-state index is 4.23. The summed E-state index contributed by atoms with van der Waals surface area (Å²) < 4.78 is 2.28. The van der Waals surface area contributed by atoms with Gasteiger partial charge in [0.15, 0.2) is 0 Å². The Hall–Kier alpha value is -0.900. The van der Waals surface area contributed by atoms with Crippen LogP contribution in [0, 0.1) is 5.92 Å². The van der Waals surface area contributed by atoms with Crippen LogP contribution in [0.4, 0.5) is 0 Å². The van der Waals surface area contributed by atoms with E-state index in [1.165, 1.54) is 44.6 Å². The van der Waals surface area contributed by atoms with Crippen molar-refractivity contribution in [3.8, 4) is 0 Å². The molecule has 82 valence electrons. The van der Waals surface area contributed by atoms with Crippen LogP contribution in [0.5, 0.6) is 0 Å². The first-order valence-corrected chi connectivity index (χ1v) is 6.02. The molecule has 2 fully saturated rings. The second-order valence-corrected chi connectivity index (χ2v) is 4.78. The van der Waals surface area contributed by atoms with Crippen LogP contribution in [0.1, 0.15) is 37.5 Å². The zero-order valence-corrected chi connectivity index (χ0v) is 9.02. The van der Waals surface area contributed by atoms with Crippen LogP contribution in [0.2, 0.25) is 0 Å². The SMILES string of the molecule is c1nnc(CCC2CCNC2)n1C1CC1. The van der Waals surface area contributed by atoms with Gasteiger partial charge in [-0.2, -0.15) is 0 Å². The van der Waals surface area contributed by atoms with Crippen LogP contribution in [0.3, 0.4) is 0 Å². The molecule has 4 nitrogen and oxygen atoms in total. The fourth-order valence-electron chi connectivity index (χ4n) is 2.40. The van der Waals surface area contributed by atoms with Gasteiger partial charge in [0.25, 0.3) is 0 Å². The lowest BCUT2D eigenvalue weighted by atomic mass is 10.0. The summed E-state index contributed by atoms with van der Waals surface area (Å²) in [6.45, 7) is 2.39. The molecule has 1 aromatic heterocycles. The van der Waals surface area contributed by atoms with Crippen LogP contribution in [0.15, 0.2) is 6.33 Å². The van der Waals surface area contributed by atoms with E-state index >= 15 is 0 Å². The largest absolute Gasteiger partial charge is 0.316 e. The van der Waals surface area contributed by atoms with Gasteiger partial charge in [0.1, 0.15) is 12.2 Å². The number of nitrogens with zero attached hydrogens (tertiary/aromatic N) is 3. The van der Waals surface area contributed by atoms with Gasteiger partial charge in [0, 0.05) is 12.5 Å². The van der Waals surface area contributed by atoms with Crippen molar-refractivity contribution in [2.45, 2.75) is 38.1 Å². The van der Waals surface area contributed by atoms with E-state index in [2.05, 4.69) is 20.1 Å². The first kappa shape index (κ1) is 9.33. The van der Waals surface area contributed by atoms with Crippen LogP contribution in [-0.2, 0) is 6.42 Å². The number of nitrogens with one attached hydrogen (secondary N) is 1. The van der Waals surface area contributed by atoms with Gasteiger partial charge in [-0.25, -0.2) is 0 Å². The molecule has 1 aromatic rings. The number of hydrogen-bond donors (Lipinski definition) is 1. The van der Waals surface area contributed by atoms with Crippen molar-refractivity contribution in [3.63, 3.8) is 0 Å². The summed E-state index contributed by atoms with van der Waals surface area (Å²) in [5, 5.41) is 11.7. The van der Waals surface area contributed by atoms with E-state index < -0.39 is 0 Å². The molecule has 1 atom stereocenters. The molecule has 1 aliphatic carbocycles. The quantitative estimate of drug-likeness (QED) is 0.803. The molecule has 2 aliphatic rings. The molecule has 0 aromatic carbocycles. The third kappa shape index (κ3) is 2.04. The van der Waals surface area contributed by atoms with Gasteiger partial charge in [0.05, 0.1) is 0 Å². The predicted molar refractivity (Wildman–Crippen MR) is 57.6 cm³/mol. The minimum Gasteiger partial charge on any atom is -0.316 e. The summed E-state index contributed by atoms with van der Waals surface area (Å²) in [7, 11) is 0. The van der Waals surface area contributed by atoms with Gasteiger partial charge in [-0.1, -0.05) is 0 Å². The molecule has 1 unspecified atom stereocenters. The highest BCUT2D eigenvalue weighted by atomic mass is 15.3. The standard InChI is InChI=1S/C11H18N4/c1(9-5-6-12-7-9)4-11-14-13-8-15(11)10-2-3-10/h8-10,12H,1-7H2. The molecule has 1 aliphatic heterocycles. The summed E-state index contributed by atoms with van der Waals surface area (Å²) in [6.07, 6.45) is 8.23. The van der Waals surface area contributed by atoms with Gasteiger partial charge >= 0.3 is 0 Å². The van der Waals surface area contributed by atoms with E-state index in [1.807, 2.05) is 6.33 Å². The predicted octanol–water partition coefficient (Wildman–Crippen LogP) is 1.16. The third-order valence-corrected chi connectivity index (χ3v) is 3.53. The molecule has 0 radical (unpaired) electrons. The van der Waals surface area contributed by atoms with E-state index in [9.17, 15) is 0 Å². The smallest absolute Gasteiger partial charge is 0.133 e. The van der Waals surface area contributed by atoms with Gasteiger partial charge in [0.2, 0.25) is 0 Å². The topological polar surface area (TPSA) is 42.7 Å². The average molecular weight is 206 g/mol. The molecule has 15 heavy (non-hydrogen) atoms. The molecule has 0 spiro atoms. The van der Waals surface area contributed by atoms with E-state index in [0.29, 0.717) is 0 Å². The number of aryl methyl sites for hydroxylation is 1. The van der Waals surface area contributed by atoms with Crippen molar-refractivity contribution >= 4 is 0 Å². The molecule has 1 saturated heterocycles. The molecule has 2 heterocycles. The van der Waals surface area contributed by atoms with Crippen LogP contribution in [0.25, 0.3) is 0 Å². The zero-order valence-electron chi connectivity index (χ0n) is 9.02. The first-order chi connectivity index (χ1) is 7.43. The maximum atomic E-state index is 4.23. The summed E-state index contributed by atoms with van der Waals surface area (Å²) in [5.74, 6) is 2.05. The maximum Gasteiger partial charge on any atom is 0.133 e. The lowest BCUT2D eigenvalue weighted by Gasteiger charge is -2.08. The van der Waals surface area contributed by atoms with Crippen LogP contribution < -0.4 is 5.32 Å². The van der Waals surface area contributed by atoms with Crippen molar-refractivity contribution in [3.05, 3.63) is 12.2 Å². The highest BCUT2D eigenvalue weighted by Crippen LogP contribution is 2.35. The fraction of sp³-hybridized carbons (Fsp3) is 0.818. The zero-order chi connectivity index (χ0) is 10.1. The highest BCUT2D eigenvalue weighted by Gasteiger charge is 2.26. The summed E-state index contributed by atoms with van der Waals surface area (Å²) in [6, 6.07) is 0.719. The third-order valence-electron chi connectivity index (χ3n) is 3.53. The number of aromatic nitrogens is 3. The van der Waals surface area contributed by atoms with Crippen molar-refractivity contribution in [1.29, 1.82) is 0 Å². The van der Waals surface area contributed by atoms with Crippen molar-refractivity contribution < 1.29 is 0 Å². The summed E-state index contributed by atoms with van der Waals surface area (Å²) >= 11 is 0. The minimum atomic E-state index is 0.719. The molecule has 3 rings (SSSR count). The molecule has 1 N–H and O–H groups in total. The second-order valence-electron chi connectivity index (χ2n) is 4.78. The Bertz CT molecular complexity index is 323. The second kappa shape index (κ2) is 3.93. The molecular formula is C11H18N4. The van der Waals surface area contributed by atoms with E-state index in [0.717, 1.165) is 18.4 Å². The van der Waals surface area contributed by atoms with Gasteiger partial charge in [-0.15, -0.1) is 10.2 Å². The Kier molecular flexibility index (Phi) is 2.44. The van der Waals surface area contributed by atoms with Crippen LogP contribution in [-0.4, -0.2) is 27.9 Å². The van der Waals surface area contributed by atoms with Gasteiger partial charge in [-0.3, -0.25) is 0 Å². The van der Waals surface area contributed by atoms with Gasteiger partial charge < -0.3 is 9.88 Å². The van der Waals surface area contributed by atoms with E-state index in [1.54, 1.807) is 0 Å². The van der Waals surface area contributed by atoms with Crippen molar-refractivity contribution in [1.82, 2.24) is 20.1 Å².